The summed E-state index contributed by atoms with van der Waals surface area (Å²) in [6, 6.07) is 8.36. The number of rotatable bonds is 3. The Balaban J connectivity index is 2.22. The second-order valence-corrected chi connectivity index (χ2v) is 5.51. The zero-order chi connectivity index (χ0) is 14.0. The predicted molar refractivity (Wildman–Crippen MR) is 74.2 cm³/mol. The van der Waals surface area contributed by atoms with E-state index in [0.29, 0.717) is 20.6 Å². The van der Waals surface area contributed by atoms with Crippen LogP contribution >= 0.6 is 27.5 Å². The zero-order valence-corrected chi connectivity index (χ0v) is 12.0. The van der Waals surface area contributed by atoms with Crippen molar-refractivity contribution in [2.75, 3.05) is 0 Å². The van der Waals surface area contributed by atoms with E-state index < -0.39 is 17.7 Å². The number of benzene rings is 2. The summed E-state index contributed by atoms with van der Waals surface area (Å²) in [6.45, 7) is 0. The molecule has 0 heterocycles. The number of aliphatic hydroxyl groups is 1. The molecule has 0 aliphatic rings. The quantitative estimate of drug-likeness (QED) is 0.856. The molecule has 0 saturated carbocycles. The smallest absolute Gasteiger partial charge is 0.127 e. The molecule has 0 aromatic heterocycles. The summed E-state index contributed by atoms with van der Waals surface area (Å²) in [5.74, 6) is -0.943. The molecule has 0 aliphatic carbocycles. The van der Waals surface area contributed by atoms with Crippen molar-refractivity contribution >= 4 is 27.5 Å². The standard InChI is InChI=1S/C14H10BrClF2O/c15-10-3-9(4-12(17)6-10)14(19)5-8-1-2-11(16)7-13(8)18/h1-4,6-7,14,19H,5H2. The molecule has 0 saturated heterocycles. The minimum Gasteiger partial charge on any atom is -0.388 e. The third-order valence-corrected chi connectivity index (χ3v) is 3.39. The van der Waals surface area contributed by atoms with Gasteiger partial charge >= 0.3 is 0 Å². The van der Waals surface area contributed by atoms with Crippen LogP contribution in [0.4, 0.5) is 8.78 Å². The number of aliphatic hydroxyl groups excluding tert-OH is 1. The van der Waals surface area contributed by atoms with Crippen LogP contribution in [-0.4, -0.2) is 5.11 Å². The van der Waals surface area contributed by atoms with Crippen molar-refractivity contribution in [1.82, 2.24) is 0 Å². The SMILES string of the molecule is OC(Cc1ccc(Cl)cc1F)c1cc(F)cc(Br)c1. The van der Waals surface area contributed by atoms with E-state index in [1.54, 1.807) is 12.1 Å². The first-order valence-electron chi connectivity index (χ1n) is 5.53. The Morgan fingerprint density at radius 2 is 1.89 bits per heavy atom. The molecular weight excluding hydrogens is 338 g/mol. The number of halogens is 4. The Morgan fingerprint density at radius 1 is 1.16 bits per heavy atom. The van der Waals surface area contributed by atoms with Crippen molar-refractivity contribution in [3.05, 3.63) is 68.7 Å². The Bertz CT molecular complexity index is 584. The van der Waals surface area contributed by atoms with Gasteiger partial charge in [-0.1, -0.05) is 33.6 Å². The van der Waals surface area contributed by atoms with Crippen molar-refractivity contribution in [1.29, 1.82) is 0 Å². The second kappa shape index (κ2) is 5.99. The molecule has 2 aromatic carbocycles. The maximum atomic E-state index is 13.6. The lowest BCUT2D eigenvalue weighted by Gasteiger charge is -2.12. The summed E-state index contributed by atoms with van der Waals surface area (Å²) in [6.07, 6.45) is -0.929. The topological polar surface area (TPSA) is 20.2 Å². The second-order valence-electron chi connectivity index (χ2n) is 4.16. The fourth-order valence-corrected chi connectivity index (χ4v) is 2.42. The minimum atomic E-state index is -0.984. The van der Waals surface area contributed by atoms with Crippen molar-refractivity contribution in [2.24, 2.45) is 0 Å². The molecular formula is C14H10BrClF2O. The van der Waals surface area contributed by atoms with Gasteiger partial charge < -0.3 is 5.11 Å². The van der Waals surface area contributed by atoms with E-state index >= 15 is 0 Å². The van der Waals surface area contributed by atoms with E-state index in [9.17, 15) is 13.9 Å². The molecule has 0 radical (unpaired) electrons. The summed E-state index contributed by atoms with van der Waals surface area (Å²) in [5, 5.41) is 10.3. The van der Waals surface area contributed by atoms with Crippen LogP contribution in [0.5, 0.6) is 0 Å². The average molecular weight is 348 g/mol. The fraction of sp³-hybridized carbons (Fsp3) is 0.143. The molecule has 5 heteroatoms. The highest BCUT2D eigenvalue weighted by atomic mass is 79.9. The third-order valence-electron chi connectivity index (χ3n) is 2.70. The molecule has 0 spiro atoms. The van der Waals surface area contributed by atoms with Crippen molar-refractivity contribution in [2.45, 2.75) is 12.5 Å². The highest BCUT2D eigenvalue weighted by Gasteiger charge is 2.13. The van der Waals surface area contributed by atoms with Gasteiger partial charge in [-0.3, -0.25) is 0 Å². The normalized spacial score (nSPS) is 12.5. The molecule has 0 bridgehead atoms. The van der Waals surface area contributed by atoms with E-state index in [-0.39, 0.29) is 6.42 Å². The molecule has 0 fully saturated rings. The van der Waals surface area contributed by atoms with Gasteiger partial charge in [0, 0.05) is 15.9 Å². The van der Waals surface area contributed by atoms with Gasteiger partial charge in [-0.05, 0) is 41.5 Å². The van der Waals surface area contributed by atoms with Crippen molar-refractivity contribution < 1.29 is 13.9 Å². The van der Waals surface area contributed by atoms with Crippen LogP contribution in [0.2, 0.25) is 5.02 Å². The maximum Gasteiger partial charge on any atom is 0.127 e. The summed E-state index contributed by atoms with van der Waals surface area (Å²) in [7, 11) is 0. The van der Waals surface area contributed by atoms with Gasteiger partial charge in [-0.25, -0.2) is 8.78 Å². The van der Waals surface area contributed by atoms with Gasteiger partial charge in [0.15, 0.2) is 0 Å². The van der Waals surface area contributed by atoms with E-state index in [2.05, 4.69) is 15.9 Å². The number of hydrogen-bond acceptors (Lipinski definition) is 1. The monoisotopic (exact) mass is 346 g/mol. The molecule has 2 rings (SSSR count). The minimum absolute atomic E-state index is 0.0545. The summed E-state index contributed by atoms with van der Waals surface area (Å²) in [5.41, 5.74) is 0.721. The van der Waals surface area contributed by atoms with Gasteiger partial charge in [0.05, 0.1) is 6.10 Å². The third kappa shape index (κ3) is 3.75. The van der Waals surface area contributed by atoms with Crippen LogP contribution in [0.1, 0.15) is 17.2 Å². The van der Waals surface area contributed by atoms with Gasteiger partial charge in [0.25, 0.3) is 0 Å². The summed E-state index contributed by atoms with van der Waals surface area (Å²) >= 11 is 8.80. The van der Waals surface area contributed by atoms with Crippen LogP contribution in [0, 0.1) is 11.6 Å². The molecule has 1 unspecified atom stereocenters. The zero-order valence-electron chi connectivity index (χ0n) is 9.71. The summed E-state index contributed by atoms with van der Waals surface area (Å²) < 4.78 is 27.4. The average Bonchev–Trinajstić information content (AvgIpc) is 2.31. The Labute approximate surface area is 123 Å². The van der Waals surface area contributed by atoms with E-state index in [4.69, 9.17) is 11.6 Å². The van der Waals surface area contributed by atoms with E-state index in [1.807, 2.05) is 0 Å². The molecule has 0 aliphatic heterocycles. The molecule has 0 amide bonds. The van der Waals surface area contributed by atoms with E-state index in [1.165, 1.54) is 24.3 Å². The van der Waals surface area contributed by atoms with Crippen LogP contribution in [0.3, 0.4) is 0 Å². The van der Waals surface area contributed by atoms with Crippen LogP contribution < -0.4 is 0 Å². The summed E-state index contributed by atoms with van der Waals surface area (Å²) in [4.78, 5) is 0. The molecule has 19 heavy (non-hydrogen) atoms. The molecule has 1 atom stereocenters. The fourth-order valence-electron chi connectivity index (χ4n) is 1.78. The largest absolute Gasteiger partial charge is 0.388 e. The number of hydrogen-bond donors (Lipinski definition) is 1. The highest BCUT2D eigenvalue weighted by molar-refractivity contribution is 9.10. The van der Waals surface area contributed by atoms with Gasteiger partial charge in [0.1, 0.15) is 11.6 Å². The van der Waals surface area contributed by atoms with Crippen LogP contribution in [0.15, 0.2) is 40.9 Å². The molecule has 1 nitrogen and oxygen atoms in total. The van der Waals surface area contributed by atoms with Crippen LogP contribution in [0.25, 0.3) is 0 Å². The molecule has 1 N–H and O–H groups in total. The van der Waals surface area contributed by atoms with Crippen LogP contribution in [-0.2, 0) is 6.42 Å². The maximum absolute atomic E-state index is 13.6. The predicted octanol–water partition coefficient (Wildman–Crippen LogP) is 4.66. The first kappa shape index (κ1) is 14.4. The highest BCUT2D eigenvalue weighted by Crippen LogP contribution is 2.25. The lowest BCUT2D eigenvalue weighted by atomic mass is 10.0. The van der Waals surface area contributed by atoms with Crippen molar-refractivity contribution in [3.63, 3.8) is 0 Å². The first-order chi connectivity index (χ1) is 8.95. The van der Waals surface area contributed by atoms with Crippen molar-refractivity contribution in [3.8, 4) is 0 Å². The molecule has 2 aromatic rings. The van der Waals surface area contributed by atoms with Gasteiger partial charge in [0.2, 0.25) is 0 Å². The Kier molecular flexibility index (Phi) is 4.55. The van der Waals surface area contributed by atoms with Gasteiger partial charge in [-0.15, -0.1) is 0 Å². The Hall–Kier alpha value is -0.970. The first-order valence-corrected chi connectivity index (χ1v) is 6.71. The van der Waals surface area contributed by atoms with E-state index in [0.717, 1.165) is 0 Å². The molecule has 100 valence electrons. The lowest BCUT2D eigenvalue weighted by Crippen LogP contribution is -2.04. The van der Waals surface area contributed by atoms with Gasteiger partial charge in [-0.2, -0.15) is 0 Å². The lowest BCUT2D eigenvalue weighted by molar-refractivity contribution is 0.176. The Morgan fingerprint density at radius 3 is 2.53 bits per heavy atom.